The van der Waals surface area contributed by atoms with Crippen molar-refractivity contribution in [3.8, 4) is 0 Å². The van der Waals surface area contributed by atoms with Crippen LogP contribution in [-0.2, 0) is 30.7 Å². The summed E-state index contributed by atoms with van der Waals surface area (Å²) in [7, 11) is 0. The van der Waals surface area contributed by atoms with Crippen LogP contribution in [0.4, 0.5) is 0 Å². The van der Waals surface area contributed by atoms with E-state index in [1.54, 1.807) is 18.3 Å². The molecule has 1 aliphatic heterocycles. The summed E-state index contributed by atoms with van der Waals surface area (Å²) in [5, 5.41) is 7.46. The van der Waals surface area contributed by atoms with E-state index in [9.17, 15) is 9.59 Å². The number of aromatic nitrogens is 1. The lowest BCUT2D eigenvalue weighted by Gasteiger charge is -2.27. The van der Waals surface area contributed by atoms with Crippen molar-refractivity contribution >= 4 is 23.2 Å². The summed E-state index contributed by atoms with van der Waals surface area (Å²) in [4.78, 5) is 32.6. The van der Waals surface area contributed by atoms with Crippen LogP contribution in [0.2, 0.25) is 0 Å². The molecule has 2 N–H and O–H groups in total. The molecule has 0 radical (unpaired) electrons. The molecule has 2 aromatic heterocycles. The first-order valence-electron chi connectivity index (χ1n) is 9.85. The molecule has 6 nitrogen and oxygen atoms in total. The Morgan fingerprint density at radius 1 is 1.32 bits per heavy atom. The topological polar surface area (TPSA) is 74.3 Å². The Morgan fingerprint density at radius 2 is 2.14 bits per heavy atom. The van der Waals surface area contributed by atoms with Crippen LogP contribution in [0.1, 0.15) is 52.8 Å². The molecule has 0 aromatic carbocycles. The van der Waals surface area contributed by atoms with E-state index in [2.05, 4.69) is 39.6 Å². The highest BCUT2D eigenvalue weighted by atomic mass is 32.1. The molecule has 3 rings (SSSR count). The van der Waals surface area contributed by atoms with E-state index in [1.807, 2.05) is 18.5 Å². The number of carbonyl (C=O) groups excluding carboxylic acids is 2. The first-order valence-corrected chi connectivity index (χ1v) is 10.7. The van der Waals surface area contributed by atoms with Crippen LogP contribution >= 0.6 is 11.3 Å². The molecule has 1 atom stereocenters. The SMILES string of the molecule is CCNC(=O)[C@@H](C)NC(=O)c1csc2c1CCN(Cc1ccc(CC)cn1)C2. The number of rotatable bonds is 7. The van der Waals surface area contributed by atoms with E-state index in [-0.39, 0.29) is 11.8 Å². The van der Waals surface area contributed by atoms with Crippen molar-refractivity contribution in [3.63, 3.8) is 0 Å². The lowest BCUT2D eigenvalue weighted by Crippen LogP contribution is -2.45. The molecule has 0 saturated heterocycles. The highest BCUT2D eigenvalue weighted by Crippen LogP contribution is 2.29. The van der Waals surface area contributed by atoms with Gasteiger partial charge in [-0.2, -0.15) is 0 Å². The number of nitrogens with one attached hydrogen (secondary N) is 2. The molecule has 3 heterocycles. The Bertz CT molecular complexity index is 831. The van der Waals surface area contributed by atoms with E-state index in [1.165, 1.54) is 10.4 Å². The van der Waals surface area contributed by atoms with E-state index in [4.69, 9.17) is 0 Å². The second kappa shape index (κ2) is 9.30. The van der Waals surface area contributed by atoms with E-state index >= 15 is 0 Å². The Balaban J connectivity index is 1.62. The highest BCUT2D eigenvalue weighted by Gasteiger charge is 2.25. The molecule has 7 heteroatoms. The second-order valence-corrected chi connectivity index (χ2v) is 8.08. The largest absolute Gasteiger partial charge is 0.355 e. The van der Waals surface area contributed by atoms with Crippen LogP contribution in [0.3, 0.4) is 0 Å². The van der Waals surface area contributed by atoms with Crippen LogP contribution in [0.25, 0.3) is 0 Å². The van der Waals surface area contributed by atoms with Crippen molar-refractivity contribution < 1.29 is 9.59 Å². The molecule has 0 aliphatic carbocycles. The zero-order valence-corrected chi connectivity index (χ0v) is 17.6. The van der Waals surface area contributed by atoms with Crippen LogP contribution in [0, 0.1) is 0 Å². The average Bonchev–Trinajstić information content (AvgIpc) is 3.12. The molecule has 0 fully saturated rings. The predicted octanol–water partition coefficient (Wildman–Crippen LogP) is 2.52. The van der Waals surface area contributed by atoms with Crippen molar-refractivity contribution in [1.82, 2.24) is 20.5 Å². The number of amides is 2. The van der Waals surface area contributed by atoms with Gasteiger partial charge in [0, 0.05) is 42.6 Å². The minimum Gasteiger partial charge on any atom is -0.355 e. The summed E-state index contributed by atoms with van der Waals surface area (Å²) in [6.07, 6.45) is 3.79. The minimum atomic E-state index is -0.541. The molecule has 150 valence electrons. The number of fused-ring (bicyclic) bond motifs is 1. The first-order chi connectivity index (χ1) is 13.5. The third-order valence-corrected chi connectivity index (χ3v) is 6.06. The van der Waals surface area contributed by atoms with Gasteiger partial charge < -0.3 is 10.6 Å². The molecular weight excluding hydrogens is 372 g/mol. The monoisotopic (exact) mass is 400 g/mol. The third-order valence-electron chi connectivity index (χ3n) is 5.04. The Kier molecular flexibility index (Phi) is 6.80. The van der Waals surface area contributed by atoms with Gasteiger partial charge in [-0.05, 0) is 43.9 Å². The maximum absolute atomic E-state index is 12.6. The fourth-order valence-corrected chi connectivity index (χ4v) is 4.48. The molecule has 0 bridgehead atoms. The van der Waals surface area contributed by atoms with Gasteiger partial charge in [0.15, 0.2) is 0 Å². The van der Waals surface area contributed by atoms with Crippen LogP contribution in [0.15, 0.2) is 23.7 Å². The number of carbonyl (C=O) groups is 2. The molecule has 2 amide bonds. The number of likely N-dealkylation sites (N-methyl/N-ethyl adjacent to an activating group) is 1. The van der Waals surface area contributed by atoms with Gasteiger partial charge in [0.05, 0.1) is 11.3 Å². The van der Waals surface area contributed by atoms with E-state index in [0.717, 1.165) is 43.7 Å². The van der Waals surface area contributed by atoms with Gasteiger partial charge in [0.2, 0.25) is 5.91 Å². The number of hydrogen-bond acceptors (Lipinski definition) is 5. The second-order valence-electron chi connectivity index (χ2n) is 7.11. The Labute approximate surface area is 170 Å². The summed E-state index contributed by atoms with van der Waals surface area (Å²) in [6, 6.07) is 3.70. The molecule has 0 spiro atoms. The Morgan fingerprint density at radius 3 is 2.82 bits per heavy atom. The summed E-state index contributed by atoms with van der Waals surface area (Å²) in [5.41, 5.74) is 4.16. The fraction of sp³-hybridized carbons (Fsp3) is 0.476. The smallest absolute Gasteiger partial charge is 0.253 e. The Hall–Kier alpha value is -2.25. The van der Waals surface area contributed by atoms with Crippen molar-refractivity contribution in [3.05, 3.63) is 51.0 Å². The van der Waals surface area contributed by atoms with Gasteiger partial charge >= 0.3 is 0 Å². The van der Waals surface area contributed by atoms with Crippen molar-refractivity contribution in [1.29, 1.82) is 0 Å². The number of aryl methyl sites for hydroxylation is 1. The van der Waals surface area contributed by atoms with Crippen LogP contribution in [0.5, 0.6) is 0 Å². The highest BCUT2D eigenvalue weighted by molar-refractivity contribution is 7.10. The van der Waals surface area contributed by atoms with Gasteiger partial charge in [-0.3, -0.25) is 19.5 Å². The zero-order chi connectivity index (χ0) is 20.1. The van der Waals surface area contributed by atoms with Crippen molar-refractivity contribution in [2.75, 3.05) is 13.1 Å². The first kappa shape index (κ1) is 20.5. The molecule has 2 aromatic rings. The fourth-order valence-electron chi connectivity index (χ4n) is 3.36. The third kappa shape index (κ3) is 4.77. The summed E-state index contributed by atoms with van der Waals surface area (Å²) >= 11 is 1.62. The zero-order valence-electron chi connectivity index (χ0n) is 16.7. The normalized spacial score (nSPS) is 15.0. The number of thiophene rings is 1. The van der Waals surface area contributed by atoms with E-state index < -0.39 is 6.04 Å². The van der Waals surface area contributed by atoms with Gasteiger partial charge in [-0.15, -0.1) is 11.3 Å². The maximum Gasteiger partial charge on any atom is 0.253 e. The number of hydrogen-bond donors (Lipinski definition) is 2. The maximum atomic E-state index is 12.6. The molecule has 28 heavy (non-hydrogen) atoms. The van der Waals surface area contributed by atoms with Gasteiger partial charge in [-0.1, -0.05) is 13.0 Å². The molecular formula is C21H28N4O2S. The quantitative estimate of drug-likeness (QED) is 0.749. The summed E-state index contributed by atoms with van der Waals surface area (Å²) in [5.74, 6) is -0.325. The van der Waals surface area contributed by atoms with Crippen LogP contribution in [-0.4, -0.2) is 40.8 Å². The average molecular weight is 401 g/mol. The molecule has 1 aliphatic rings. The van der Waals surface area contributed by atoms with Crippen molar-refractivity contribution in [2.45, 2.75) is 52.7 Å². The lowest BCUT2D eigenvalue weighted by atomic mass is 10.0. The van der Waals surface area contributed by atoms with Gasteiger partial charge in [0.25, 0.3) is 5.91 Å². The standard InChI is InChI=1S/C21H28N4O2S/c1-4-15-6-7-16(23-10-15)11-25-9-8-17-18(13-28-19(17)12-25)21(27)24-14(3)20(26)22-5-2/h6-7,10,13-14H,4-5,8-9,11-12H2,1-3H3,(H,22,26)(H,24,27)/t14-/m1/s1. The summed E-state index contributed by atoms with van der Waals surface area (Å²) < 4.78 is 0. The molecule has 0 unspecified atom stereocenters. The van der Waals surface area contributed by atoms with Crippen molar-refractivity contribution in [2.24, 2.45) is 0 Å². The van der Waals surface area contributed by atoms with Gasteiger partial charge in [-0.25, -0.2) is 0 Å². The van der Waals surface area contributed by atoms with E-state index in [0.29, 0.717) is 12.1 Å². The number of nitrogens with zero attached hydrogens (tertiary/aromatic N) is 2. The van der Waals surface area contributed by atoms with Crippen LogP contribution < -0.4 is 10.6 Å². The van der Waals surface area contributed by atoms with Gasteiger partial charge in [0.1, 0.15) is 6.04 Å². The number of pyridine rings is 1. The molecule has 0 saturated carbocycles. The minimum absolute atomic E-state index is 0.160. The lowest BCUT2D eigenvalue weighted by molar-refractivity contribution is -0.122. The summed E-state index contributed by atoms with van der Waals surface area (Å²) in [6.45, 7) is 8.80. The predicted molar refractivity (Wildman–Crippen MR) is 111 cm³/mol.